The summed E-state index contributed by atoms with van der Waals surface area (Å²) < 4.78 is 11.0. The molecular formula is C13H14N4O3. The molecule has 0 saturated carbocycles. The highest BCUT2D eigenvalue weighted by molar-refractivity contribution is 5.97. The maximum Gasteiger partial charge on any atom is 0.255 e. The second kappa shape index (κ2) is 5.12. The van der Waals surface area contributed by atoms with Crippen molar-refractivity contribution in [3.63, 3.8) is 0 Å². The Balaban J connectivity index is 1.76. The molecule has 0 bridgehead atoms. The van der Waals surface area contributed by atoms with Crippen molar-refractivity contribution in [1.82, 2.24) is 15.5 Å². The summed E-state index contributed by atoms with van der Waals surface area (Å²) in [5.74, 6) is 1.27. The van der Waals surface area contributed by atoms with E-state index in [9.17, 15) is 4.79 Å². The maximum atomic E-state index is 12.2. The highest BCUT2D eigenvalue weighted by Crippen LogP contribution is 2.33. The predicted molar refractivity (Wildman–Crippen MR) is 71.6 cm³/mol. The molecule has 0 spiro atoms. The molecule has 0 aliphatic carbocycles. The first-order valence-electron chi connectivity index (χ1n) is 6.20. The van der Waals surface area contributed by atoms with Gasteiger partial charge in [0, 0.05) is 12.1 Å². The molecule has 1 aliphatic heterocycles. The zero-order valence-corrected chi connectivity index (χ0v) is 10.7. The number of carbonyl (C=O) groups is 1. The topological polar surface area (TPSA) is 102 Å². The number of benzene rings is 1. The van der Waals surface area contributed by atoms with E-state index in [2.05, 4.69) is 15.5 Å². The number of nitrogen functional groups attached to an aromatic ring is 1. The normalized spacial score (nSPS) is 13.0. The van der Waals surface area contributed by atoms with Gasteiger partial charge in [0.2, 0.25) is 0 Å². The van der Waals surface area contributed by atoms with E-state index in [0.29, 0.717) is 42.6 Å². The number of amides is 1. The van der Waals surface area contributed by atoms with Gasteiger partial charge < -0.3 is 20.5 Å². The second-order valence-electron chi connectivity index (χ2n) is 4.32. The summed E-state index contributed by atoms with van der Waals surface area (Å²) in [5.41, 5.74) is 6.85. The Kier molecular flexibility index (Phi) is 3.16. The minimum absolute atomic E-state index is 0.243. The zero-order chi connectivity index (χ0) is 13.9. The summed E-state index contributed by atoms with van der Waals surface area (Å²) in [6, 6.07) is 5.23. The lowest BCUT2D eigenvalue weighted by atomic mass is 10.1. The quantitative estimate of drug-likeness (QED) is 0.764. The molecule has 0 unspecified atom stereocenters. The first-order valence-corrected chi connectivity index (χ1v) is 6.20. The summed E-state index contributed by atoms with van der Waals surface area (Å²) in [5, 5.41) is 9.19. The summed E-state index contributed by atoms with van der Waals surface area (Å²) in [6.07, 6.45) is 1.58. The van der Waals surface area contributed by atoms with Crippen molar-refractivity contribution in [1.29, 1.82) is 0 Å². The number of hydrogen-bond acceptors (Lipinski definition) is 5. The number of nitrogens with two attached hydrogens (primary N) is 1. The Bertz CT molecular complexity index is 638. The third-order valence-electron chi connectivity index (χ3n) is 3.00. The van der Waals surface area contributed by atoms with Gasteiger partial charge in [-0.05, 0) is 12.1 Å². The van der Waals surface area contributed by atoms with E-state index in [-0.39, 0.29) is 5.91 Å². The van der Waals surface area contributed by atoms with Gasteiger partial charge in [0.25, 0.3) is 5.91 Å². The number of fused-ring (bicyclic) bond motifs is 1. The number of para-hydroxylation sites is 1. The van der Waals surface area contributed by atoms with Gasteiger partial charge in [0.05, 0.1) is 11.8 Å². The van der Waals surface area contributed by atoms with Gasteiger partial charge in [-0.3, -0.25) is 9.89 Å². The number of carbonyl (C=O) groups excluding carboxylic acids is 1. The summed E-state index contributed by atoms with van der Waals surface area (Å²) in [4.78, 5) is 12.2. The number of nitrogens with zero attached hydrogens (tertiary/aromatic N) is 1. The van der Waals surface area contributed by atoms with Crippen LogP contribution >= 0.6 is 0 Å². The molecule has 1 amide bonds. The highest BCUT2D eigenvalue weighted by atomic mass is 16.6. The molecule has 0 fully saturated rings. The van der Waals surface area contributed by atoms with Crippen LogP contribution in [-0.2, 0) is 6.54 Å². The molecule has 3 rings (SSSR count). The lowest BCUT2D eigenvalue weighted by Gasteiger charge is -2.20. The fourth-order valence-corrected chi connectivity index (χ4v) is 1.99. The third kappa shape index (κ3) is 2.25. The Hall–Kier alpha value is -2.70. The van der Waals surface area contributed by atoms with Crippen LogP contribution in [0.3, 0.4) is 0 Å². The van der Waals surface area contributed by atoms with Crippen LogP contribution in [0.4, 0.5) is 5.82 Å². The fraction of sp³-hybridized carbons (Fsp3) is 0.231. The van der Waals surface area contributed by atoms with Gasteiger partial charge in [-0.25, -0.2) is 0 Å². The number of nitrogens with one attached hydrogen (secondary N) is 2. The van der Waals surface area contributed by atoms with E-state index in [1.165, 1.54) is 0 Å². The zero-order valence-electron chi connectivity index (χ0n) is 10.7. The van der Waals surface area contributed by atoms with Gasteiger partial charge in [-0.2, -0.15) is 5.10 Å². The Morgan fingerprint density at radius 1 is 1.40 bits per heavy atom. The van der Waals surface area contributed by atoms with E-state index < -0.39 is 0 Å². The first-order chi connectivity index (χ1) is 9.75. The summed E-state index contributed by atoms with van der Waals surface area (Å²) in [7, 11) is 0. The number of aromatic amines is 1. The van der Waals surface area contributed by atoms with Crippen LogP contribution in [0.5, 0.6) is 11.5 Å². The highest BCUT2D eigenvalue weighted by Gasteiger charge is 2.20. The molecule has 2 heterocycles. The minimum Gasteiger partial charge on any atom is -0.486 e. The van der Waals surface area contributed by atoms with Crippen molar-refractivity contribution >= 4 is 11.7 Å². The number of ether oxygens (including phenoxy) is 2. The average Bonchev–Trinajstić information content (AvgIpc) is 2.89. The number of rotatable bonds is 3. The minimum atomic E-state index is -0.243. The van der Waals surface area contributed by atoms with Crippen molar-refractivity contribution in [3.8, 4) is 11.5 Å². The van der Waals surface area contributed by atoms with Crippen molar-refractivity contribution in [2.75, 3.05) is 18.9 Å². The fourth-order valence-electron chi connectivity index (χ4n) is 1.99. The van der Waals surface area contributed by atoms with Crippen molar-refractivity contribution < 1.29 is 14.3 Å². The van der Waals surface area contributed by atoms with E-state index in [1.807, 2.05) is 0 Å². The van der Waals surface area contributed by atoms with Crippen molar-refractivity contribution in [2.24, 2.45) is 0 Å². The Morgan fingerprint density at radius 2 is 2.25 bits per heavy atom. The van der Waals surface area contributed by atoms with Crippen LogP contribution in [0.25, 0.3) is 0 Å². The second-order valence-corrected chi connectivity index (χ2v) is 4.32. The van der Waals surface area contributed by atoms with E-state index in [1.54, 1.807) is 24.4 Å². The van der Waals surface area contributed by atoms with Crippen LogP contribution in [-0.4, -0.2) is 29.3 Å². The molecule has 0 saturated heterocycles. The number of aromatic nitrogens is 2. The molecule has 2 aromatic rings. The molecule has 1 aromatic carbocycles. The van der Waals surface area contributed by atoms with Crippen LogP contribution in [0.15, 0.2) is 24.4 Å². The molecule has 104 valence electrons. The van der Waals surface area contributed by atoms with Crippen molar-refractivity contribution in [3.05, 3.63) is 35.5 Å². The number of H-pyrrole nitrogens is 1. The molecule has 0 radical (unpaired) electrons. The first kappa shape index (κ1) is 12.3. The maximum absolute atomic E-state index is 12.2. The van der Waals surface area contributed by atoms with Crippen LogP contribution in [0, 0.1) is 0 Å². The van der Waals surface area contributed by atoms with Crippen LogP contribution < -0.4 is 20.5 Å². The Morgan fingerprint density at radius 3 is 3.05 bits per heavy atom. The predicted octanol–water partition coefficient (Wildman–Crippen LogP) is 0.693. The third-order valence-corrected chi connectivity index (χ3v) is 3.00. The monoisotopic (exact) mass is 274 g/mol. The SMILES string of the molecule is Nc1[nH]ncc1CNC(=O)c1cccc2c1OCCO2. The smallest absolute Gasteiger partial charge is 0.255 e. The standard InChI is InChI=1S/C13H14N4O3/c14-12-8(7-16-17-12)6-15-13(18)9-2-1-3-10-11(9)20-5-4-19-10/h1-3,7H,4-6H2,(H,15,18)(H3,14,16,17). The molecule has 20 heavy (non-hydrogen) atoms. The van der Waals surface area contributed by atoms with Gasteiger partial charge in [0.15, 0.2) is 11.5 Å². The van der Waals surface area contributed by atoms with E-state index >= 15 is 0 Å². The van der Waals surface area contributed by atoms with E-state index in [0.717, 1.165) is 5.56 Å². The van der Waals surface area contributed by atoms with Crippen LogP contribution in [0.2, 0.25) is 0 Å². The largest absolute Gasteiger partial charge is 0.486 e. The summed E-state index contributed by atoms with van der Waals surface area (Å²) >= 11 is 0. The van der Waals surface area contributed by atoms with Gasteiger partial charge in [0.1, 0.15) is 19.0 Å². The molecule has 1 aliphatic rings. The lowest BCUT2D eigenvalue weighted by Crippen LogP contribution is -2.25. The van der Waals surface area contributed by atoms with Crippen molar-refractivity contribution in [2.45, 2.75) is 6.54 Å². The molecule has 7 heteroatoms. The summed E-state index contributed by atoms with van der Waals surface area (Å²) in [6.45, 7) is 1.22. The Labute approximate surface area is 115 Å². The molecule has 7 nitrogen and oxygen atoms in total. The van der Waals surface area contributed by atoms with Crippen LogP contribution in [0.1, 0.15) is 15.9 Å². The van der Waals surface area contributed by atoms with E-state index in [4.69, 9.17) is 15.2 Å². The number of anilines is 1. The molecular weight excluding hydrogens is 260 g/mol. The number of hydrogen-bond donors (Lipinski definition) is 3. The molecule has 0 atom stereocenters. The van der Waals surface area contributed by atoms with Gasteiger partial charge in [-0.1, -0.05) is 6.07 Å². The van der Waals surface area contributed by atoms with Gasteiger partial charge in [-0.15, -0.1) is 0 Å². The average molecular weight is 274 g/mol. The lowest BCUT2D eigenvalue weighted by molar-refractivity contribution is 0.0940. The molecule has 1 aromatic heterocycles. The molecule has 4 N–H and O–H groups in total. The van der Waals surface area contributed by atoms with Gasteiger partial charge >= 0.3 is 0 Å².